The van der Waals surface area contributed by atoms with Crippen LogP contribution in [0.25, 0.3) is 0 Å². The molecule has 1 aliphatic heterocycles. The van der Waals surface area contributed by atoms with E-state index in [1.165, 1.54) is 0 Å². The first-order chi connectivity index (χ1) is 9.26. The quantitative estimate of drug-likeness (QED) is 0.750. The van der Waals surface area contributed by atoms with E-state index in [-0.39, 0.29) is 11.3 Å². The minimum absolute atomic E-state index is 0.0967. The molecule has 1 atom stereocenters. The number of hydrogen-bond acceptors (Lipinski definition) is 4. The lowest BCUT2D eigenvalue weighted by atomic mass is 10.2. The summed E-state index contributed by atoms with van der Waals surface area (Å²) in [6, 6.07) is 7.92. The molecule has 19 heavy (non-hydrogen) atoms. The summed E-state index contributed by atoms with van der Waals surface area (Å²) >= 11 is 1.67. The Hall–Kier alpha value is -1.20. The fraction of sp³-hybridized carbons (Fsp3) is 0.500. The zero-order valence-corrected chi connectivity index (χ0v) is 12.1. The van der Waals surface area contributed by atoms with Crippen LogP contribution in [0.5, 0.6) is 5.75 Å². The molecule has 2 rings (SSSR count). The van der Waals surface area contributed by atoms with Gasteiger partial charge < -0.3 is 14.4 Å². The molecule has 1 saturated heterocycles. The molecule has 0 aromatic heterocycles. The first-order valence-corrected chi connectivity index (χ1v) is 7.35. The Morgan fingerprint density at radius 3 is 3.00 bits per heavy atom. The van der Waals surface area contributed by atoms with Crippen molar-refractivity contribution in [2.45, 2.75) is 11.8 Å². The summed E-state index contributed by atoms with van der Waals surface area (Å²) in [5.74, 6) is 1.58. The van der Waals surface area contributed by atoms with Gasteiger partial charge in [-0.05, 0) is 24.1 Å². The van der Waals surface area contributed by atoms with E-state index in [9.17, 15) is 4.79 Å². The fourth-order valence-electron chi connectivity index (χ4n) is 2.15. The maximum Gasteiger partial charge on any atom is 0.233 e. The summed E-state index contributed by atoms with van der Waals surface area (Å²) in [7, 11) is 3.34. The van der Waals surface area contributed by atoms with E-state index in [0.717, 1.165) is 24.3 Å². The van der Waals surface area contributed by atoms with Crippen LogP contribution in [0.2, 0.25) is 0 Å². The van der Waals surface area contributed by atoms with Crippen molar-refractivity contribution in [2.75, 3.05) is 33.1 Å². The third-order valence-electron chi connectivity index (χ3n) is 3.09. The summed E-state index contributed by atoms with van der Waals surface area (Å²) in [5.41, 5.74) is 1.12. The highest BCUT2D eigenvalue weighted by atomic mass is 32.2. The monoisotopic (exact) mass is 281 g/mol. The molecule has 4 nitrogen and oxygen atoms in total. The largest absolute Gasteiger partial charge is 0.497 e. The second-order valence-corrected chi connectivity index (χ2v) is 5.44. The van der Waals surface area contributed by atoms with E-state index < -0.39 is 0 Å². The minimum Gasteiger partial charge on any atom is -0.497 e. The van der Waals surface area contributed by atoms with E-state index in [1.807, 2.05) is 29.2 Å². The molecule has 0 saturated carbocycles. The summed E-state index contributed by atoms with van der Waals surface area (Å²) in [4.78, 5) is 13.9. The molecule has 1 aromatic carbocycles. The molecule has 0 aliphatic carbocycles. The number of carbonyl (C=O) groups is 1. The standard InChI is InChI=1S/C14H19NO3S/c1-17-8-4-7-15-13(16)10-19-14(15)11-5-3-6-12(9-11)18-2/h3,5-6,9,14H,4,7-8,10H2,1-2H3. The highest BCUT2D eigenvalue weighted by Gasteiger charge is 2.32. The van der Waals surface area contributed by atoms with Gasteiger partial charge in [0.2, 0.25) is 5.91 Å². The number of hydrogen-bond donors (Lipinski definition) is 0. The Kier molecular flexibility index (Phi) is 5.10. The van der Waals surface area contributed by atoms with Crippen LogP contribution in [0, 0.1) is 0 Å². The molecule has 104 valence electrons. The lowest BCUT2D eigenvalue weighted by Gasteiger charge is -2.24. The number of methoxy groups -OCH3 is 2. The van der Waals surface area contributed by atoms with Gasteiger partial charge in [0.1, 0.15) is 11.1 Å². The molecular weight excluding hydrogens is 262 g/mol. The van der Waals surface area contributed by atoms with Crippen LogP contribution in [0.3, 0.4) is 0 Å². The van der Waals surface area contributed by atoms with Crippen LogP contribution in [-0.2, 0) is 9.53 Å². The zero-order chi connectivity index (χ0) is 13.7. The number of amides is 1. The Morgan fingerprint density at radius 2 is 2.26 bits per heavy atom. The summed E-state index contributed by atoms with van der Waals surface area (Å²) in [5, 5.41) is 0.0967. The summed E-state index contributed by atoms with van der Waals surface area (Å²) < 4.78 is 10.3. The average molecular weight is 281 g/mol. The van der Waals surface area contributed by atoms with Crippen LogP contribution >= 0.6 is 11.8 Å². The van der Waals surface area contributed by atoms with Crippen LogP contribution < -0.4 is 4.74 Å². The van der Waals surface area contributed by atoms with Gasteiger partial charge in [0.05, 0.1) is 12.9 Å². The van der Waals surface area contributed by atoms with E-state index in [4.69, 9.17) is 9.47 Å². The Labute approximate surface area is 118 Å². The van der Waals surface area contributed by atoms with E-state index in [0.29, 0.717) is 12.4 Å². The van der Waals surface area contributed by atoms with E-state index in [2.05, 4.69) is 0 Å². The van der Waals surface area contributed by atoms with Crippen molar-refractivity contribution in [1.82, 2.24) is 4.90 Å². The van der Waals surface area contributed by atoms with Gasteiger partial charge in [-0.15, -0.1) is 11.8 Å². The number of benzene rings is 1. The van der Waals surface area contributed by atoms with Gasteiger partial charge >= 0.3 is 0 Å². The number of nitrogens with zero attached hydrogens (tertiary/aromatic N) is 1. The third kappa shape index (κ3) is 3.42. The second kappa shape index (κ2) is 6.82. The van der Waals surface area contributed by atoms with Crippen molar-refractivity contribution < 1.29 is 14.3 Å². The molecule has 1 aromatic rings. The number of ether oxygens (including phenoxy) is 2. The van der Waals surface area contributed by atoms with Crippen molar-refractivity contribution in [3.8, 4) is 5.75 Å². The van der Waals surface area contributed by atoms with E-state index >= 15 is 0 Å². The number of thioether (sulfide) groups is 1. The predicted molar refractivity (Wildman–Crippen MR) is 76.4 cm³/mol. The SMILES string of the molecule is COCCCN1C(=O)CSC1c1cccc(OC)c1. The molecule has 1 heterocycles. The van der Waals surface area contributed by atoms with Crippen LogP contribution in [0.15, 0.2) is 24.3 Å². The highest BCUT2D eigenvalue weighted by Crippen LogP contribution is 2.39. The Balaban J connectivity index is 2.10. The fourth-order valence-corrected chi connectivity index (χ4v) is 3.35. The minimum atomic E-state index is 0.0967. The molecule has 0 bridgehead atoms. The third-order valence-corrected chi connectivity index (χ3v) is 4.35. The van der Waals surface area contributed by atoms with Crippen molar-refractivity contribution in [3.05, 3.63) is 29.8 Å². The lowest BCUT2D eigenvalue weighted by molar-refractivity contribution is -0.128. The molecule has 1 aliphatic rings. The van der Waals surface area contributed by atoms with Crippen molar-refractivity contribution in [3.63, 3.8) is 0 Å². The predicted octanol–water partition coefficient (Wildman–Crippen LogP) is 2.31. The van der Waals surface area contributed by atoms with E-state index in [1.54, 1.807) is 26.0 Å². The van der Waals surface area contributed by atoms with Crippen LogP contribution in [0.4, 0.5) is 0 Å². The van der Waals surface area contributed by atoms with Gasteiger partial charge in [0.25, 0.3) is 0 Å². The average Bonchev–Trinajstić information content (AvgIpc) is 2.81. The summed E-state index contributed by atoms with van der Waals surface area (Å²) in [6.07, 6.45) is 0.864. The second-order valence-electron chi connectivity index (χ2n) is 4.37. The van der Waals surface area contributed by atoms with Gasteiger partial charge in [-0.1, -0.05) is 12.1 Å². The van der Waals surface area contributed by atoms with Crippen molar-refractivity contribution >= 4 is 17.7 Å². The molecule has 1 fully saturated rings. The first kappa shape index (κ1) is 14.2. The number of rotatable bonds is 6. The van der Waals surface area contributed by atoms with Gasteiger partial charge in [-0.2, -0.15) is 0 Å². The topological polar surface area (TPSA) is 38.8 Å². The summed E-state index contributed by atoms with van der Waals surface area (Å²) in [6.45, 7) is 1.42. The Morgan fingerprint density at radius 1 is 1.42 bits per heavy atom. The molecule has 1 unspecified atom stereocenters. The van der Waals surface area contributed by atoms with Gasteiger partial charge in [-0.25, -0.2) is 0 Å². The molecule has 5 heteroatoms. The van der Waals surface area contributed by atoms with Gasteiger partial charge in [0, 0.05) is 20.3 Å². The molecule has 1 amide bonds. The van der Waals surface area contributed by atoms with Crippen molar-refractivity contribution in [2.24, 2.45) is 0 Å². The van der Waals surface area contributed by atoms with Crippen LogP contribution in [0.1, 0.15) is 17.4 Å². The first-order valence-electron chi connectivity index (χ1n) is 6.30. The smallest absolute Gasteiger partial charge is 0.233 e. The van der Waals surface area contributed by atoms with Gasteiger partial charge in [0.15, 0.2) is 0 Å². The lowest BCUT2D eigenvalue weighted by Crippen LogP contribution is -2.29. The van der Waals surface area contributed by atoms with Crippen LogP contribution in [-0.4, -0.2) is 43.9 Å². The maximum absolute atomic E-state index is 11.9. The highest BCUT2D eigenvalue weighted by molar-refractivity contribution is 8.00. The molecule has 0 N–H and O–H groups in total. The Bertz CT molecular complexity index is 438. The molecule has 0 radical (unpaired) electrons. The van der Waals surface area contributed by atoms with Gasteiger partial charge in [-0.3, -0.25) is 4.79 Å². The van der Waals surface area contributed by atoms with Crippen molar-refractivity contribution in [1.29, 1.82) is 0 Å². The number of carbonyl (C=O) groups excluding carboxylic acids is 1. The zero-order valence-electron chi connectivity index (χ0n) is 11.3. The normalized spacial score (nSPS) is 18.9. The maximum atomic E-state index is 11.9. The molecule has 0 spiro atoms. The molecular formula is C14H19NO3S.